The smallest absolute Gasteiger partial charge is 0.0460 e. The zero-order valence-corrected chi connectivity index (χ0v) is 18.0. The lowest BCUT2D eigenvalue weighted by Gasteiger charge is -2.03. The van der Waals surface area contributed by atoms with Gasteiger partial charge in [-0.15, -0.1) is 22.7 Å². The molecule has 0 amide bonds. The van der Waals surface area contributed by atoms with Gasteiger partial charge in [0.2, 0.25) is 0 Å². The van der Waals surface area contributed by atoms with Gasteiger partial charge in [-0.1, -0.05) is 76.6 Å². The van der Waals surface area contributed by atoms with Crippen LogP contribution >= 0.6 is 22.7 Å². The Kier molecular flexibility index (Phi) is 7.76. The third kappa shape index (κ3) is 5.44. The summed E-state index contributed by atoms with van der Waals surface area (Å²) in [5.41, 5.74) is 2.86. The lowest BCUT2D eigenvalue weighted by atomic mass is 10.0. The monoisotopic (exact) mass is 384 g/mol. The number of aryl methyl sites for hydroxylation is 2. The van der Waals surface area contributed by atoms with E-state index in [9.17, 15) is 0 Å². The molecule has 0 atom stereocenters. The summed E-state index contributed by atoms with van der Waals surface area (Å²) in [5, 5.41) is 0. The van der Waals surface area contributed by atoms with Gasteiger partial charge in [-0.2, -0.15) is 0 Å². The number of rotatable bonds is 11. The molecular weight excluding hydrogens is 352 g/mol. The Labute approximate surface area is 167 Å². The second-order valence-electron chi connectivity index (χ2n) is 7.37. The first-order chi connectivity index (χ1) is 12.8. The van der Waals surface area contributed by atoms with E-state index in [4.69, 9.17) is 0 Å². The largest absolute Gasteiger partial charge is 0.139 e. The van der Waals surface area contributed by atoms with Crippen molar-refractivity contribution in [2.75, 3.05) is 0 Å². The van der Waals surface area contributed by atoms with E-state index in [1.165, 1.54) is 89.6 Å². The van der Waals surface area contributed by atoms with Gasteiger partial charge < -0.3 is 0 Å². The van der Waals surface area contributed by atoms with Crippen LogP contribution in [0.3, 0.4) is 0 Å². The highest BCUT2D eigenvalue weighted by molar-refractivity contribution is 7.29. The Bertz CT molecular complexity index is 745. The summed E-state index contributed by atoms with van der Waals surface area (Å²) in [7, 11) is 0. The minimum atomic E-state index is 1.23. The number of fused-ring (bicyclic) bond motifs is 1. The van der Waals surface area contributed by atoms with Crippen LogP contribution in [0.4, 0.5) is 0 Å². The first-order valence-corrected chi connectivity index (χ1v) is 12.0. The molecule has 0 fully saturated rings. The Balaban J connectivity index is 1.57. The van der Waals surface area contributed by atoms with Crippen LogP contribution in [-0.4, -0.2) is 0 Å². The van der Waals surface area contributed by atoms with Crippen molar-refractivity contribution in [3.63, 3.8) is 0 Å². The molecule has 0 aliphatic carbocycles. The van der Waals surface area contributed by atoms with Crippen molar-refractivity contribution in [2.45, 2.75) is 78.1 Å². The molecule has 2 heterocycles. The molecule has 0 radical (unpaired) electrons. The molecule has 0 saturated carbocycles. The van der Waals surface area contributed by atoms with Crippen LogP contribution in [0.2, 0.25) is 0 Å². The third-order valence-electron chi connectivity index (χ3n) is 5.09. The molecule has 140 valence electrons. The second-order valence-corrected chi connectivity index (χ2v) is 9.62. The van der Waals surface area contributed by atoms with E-state index < -0.39 is 0 Å². The summed E-state index contributed by atoms with van der Waals surface area (Å²) in [5.74, 6) is 0. The van der Waals surface area contributed by atoms with Crippen molar-refractivity contribution in [1.82, 2.24) is 0 Å². The summed E-state index contributed by atoms with van der Waals surface area (Å²) in [6.07, 6.45) is 13.3. The van der Waals surface area contributed by atoms with Gasteiger partial charge in [0, 0.05) is 19.2 Å². The quantitative estimate of drug-likeness (QED) is 0.289. The second kappa shape index (κ2) is 10.3. The molecule has 2 heteroatoms. The summed E-state index contributed by atoms with van der Waals surface area (Å²) < 4.78 is 2.94. The lowest BCUT2D eigenvalue weighted by Crippen LogP contribution is -1.86. The molecule has 0 aliphatic rings. The number of thiophene rings is 2. The molecule has 0 saturated heterocycles. The van der Waals surface area contributed by atoms with Crippen LogP contribution in [0, 0.1) is 0 Å². The Morgan fingerprint density at radius 1 is 0.654 bits per heavy atom. The van der Waals surface area contributed by atoms with E-state index in [0.717, 1.165) is 0 Å². The van der Waals surface area contributed by atoms with E-state index >= 15 is 0 Å². The molecule has 1 aromatic carbocycles. The third-order valence-corrected chi connectivity index (χ3v) is 7.49. The van der Waals surface area contributed by atoms with E-state index in [1.807, 2.05) is 22.7 Å². The highest BCUT2D eigenvalue weighted by Gasteiger charge is 2.08. The van der Waals surface area contributed by atoms with Gasteiger partial charge >= 0.3 is 0 Å². The Morgan fingerprint density at radius 2 is 1.31 bits per heavy atom. The normalized spacial score (nSPS) is 11.5. The van der Waals surface area contributed by atoms with Crippen molar-refractivity contribution in [3.05, 3.63) is 46.8 Å². The average molecular weight is 385 g/mol. The van der Waals surface area contributed by atoms with Gasteiger partial charge in [0.25, 0.3) is 0 Å². The number of hydrogen-bond acceptors (Lipinski definition) is 2. The summed E-state index contributed by atoms with van der Waals surface area (Å²) in [6, 6.07) is 14.1. The summed E-state index contributed by atoms with van der Waals surface area (Å²) >= 11 is 3.95. The number of benzene rings is 1. The van der Waals surface area contributed by atoms with Crippen molar-refractivity contribution in [3.8, 4) is 10.4 Å². The maximum absolute atomic E-state index is 2.43. The molecule has 0 nitrogen and oxygen atoms in total. The van der Waals surface area contributed by atoms with Crippen molar-refractivity contribution < 1.29 is 0 Å². The molecule has 0 bridgehead atoms. The van der Waals surface area contributed by atoms with E-state index in [2.05, 4.69) is 50.2 Å². The fraction of sp³-hybridized carbons (Fsp3) is 0.500. The summed E-state index contributed by atoms with van der Waals surface area (Å²) in [6.45, 7) is 4.55. The molecule has 2 aromatic heterocycles. The van der Waals surface area contributed by atoms with Gasteiger partial charge in [-0.05, 0) is 48.9 Å². The molecule has 26 heavy (non-hydrogen) atoms. The fourth-order valence-electron chi connectivity index (χ4n) is 3.47. The lowest BCUT2D eigenvalue weighted by molar-refractivity contribution is 0.632. The minimum absolute atomic E-state index is 1.23. The standard InChI is InChI=1S/C24H32S2/c1-3-5-7-8-10-11-19-13-15-20(16-14-19)22-18-24-23(26-22)17-21(25-24)12-9-6-4-2/h13-18H,3-12H2,1-2H3. The zero-order chi connectivity index (χ0) is 18.2. The summed E-state index contributed by atoms with van der Waals surface area (Å²) in [4.78, 5) is 2.98. The minimum Gasteiger partial charge on any atom is -0.139 e. The average Bonchev–Trinajstić information content (AvgIpc) is 3.21. The van der Waals surface area contributed by atoms with Crippen LogP contribution in [0.25, 0.3) is 19.8 Å². The van der Waals surface area contributed by atoms with Crippen LogP contribution in [0.1, 0.15) is 75.7 Å². The van der Waals surface area contributed by atoms with Gasteiger partial charge in [0.15, 0.2) is 0 Å². The van der Waals surface area contributed by atoms with Crippen LogP contribution in [0.15, 0.2) is 36.4 Å². The molecule has 0 unspecified atom stereocenters. The molecule has 0 aliphatic heterocycles. The van der Waals surface area contributed by atoms with Gasteiger partial charge in [0.05, 0.1) is 0 Å². The van der Waals surface area contributed by atoms with Crippen LogP contribution in [-0.2, 0) is 12.8 Å². The molecule has 0 spiro atoms. The Morgan fingerprint density at radius 3 is 2.04 bits per heavy atom. The SMILES string of the molecule is CCCCCCCc1ccc(-c2cc3sc(CCCCC)cc3s2)cc1. The van der Waals surface area contributed by atoms with Crippen molar-refractivity contribution in [1.29, 1.82) is 0 Å². The van der Waals surface area contributed by atoms with Gasteiger partial charge in [-0.25, -0.2) is 0 Å². The zero-order valence-electron chi connectivity index (χ0n) is 16.4. The van der Waals surface area contributed by atoms with Crippen molar-refractivity contribution >= 4 is 32.1 Å². The molecule has 3 aromatic rings. The van der Waals surface area contributed by atoms with Crippen LogP contribution < -0.4 is 0 Å². The predicted octanol–water partition coefficient (Wildman–Crippen LogP) is 8.88. The molecular formula is C24H32S2. The Hall–Kier alpha value is -1.12. The number of hydrogen-bond donors (Lipinski definition) is 0. The highest BCUT2D eigenvalue weighted by Crippen LogP contribution is 2.38. The topological polar surface area (TPSA) is 0 Å². The first-order valence-electron chi connectivity index (χ1n) is 10.4. The van der Waals surface area contributed by atoms with Gasteiger partial charge in [0.1, 0.15) is 0 Å². The highest BCUT2D eigenvalue weighted by atomic mass is 32.1. The fourth-order valence-corrected chi connectivity index (χ4v) is 5.94. The first kappa shape index (κ1) is 19.6. The number of unbranched alkanes of at least 4 members (excludes halogenated alkanes) is 6. The maximum atomic E-state index is 2.43. The molecule has 3 rings (SSSR count). The van der Waals surface area contributed by atoms with Crippen molar-refractivity contribution in [2.24, 2.45) is 0 Å². The van der Waals surface area contributed by atoms with E-state index in [0.29, 0.717) is 0 Å². The van der Waals surface area contributed by atoms with E-state index in [-0.39, 0.29) is 0 Å². The predicted molar refractivity (Wildman–Crippen MR) is 121 cm³/mol. The van der Waals surface area contributed by atoms with Crippen LogP contribution in [0.5, 0.6) is 0 Å². The van der Waals surface area contributed by atoms with Gasteiger partial charge in [-0.3, -0.25) is 0 Å². The maximum Gasteiger partial charge on any atom is 0.0460 e. The molecule has 0 N–H and O–H groups in total. The van der Waals surface area contributed by atoms with E-state index in [1.54, 1.807) is 4.88 Å².